The minimum absolute atomic E-state index is 0.136. The van der Waals surface area contributed by atoms with E-state index in [0.717, 1.165) is 17.7 Å². The molecular weight excluding hydrogens is 475 g/mol. The predicted molar refractivity (Wildman–Crippen MR) is 133 cm³/mol. The van der Waals surface area contributed by atoms with Crippen molar-refractivity contribution in [3.05, 3.63) is 57.6 Å². The topological polar surface area (TPSA) is 59.1 Å². The van der Waals surface area contributed by atoms with Crippen molar-refractivity contribution in [3.8, 4) is 11.5 Å². The lowest BCUT2D eigenvalue weighted by Gasteiger charge is -2.41. The summed E-state index contributed by atoms with van der Waals surface area (Å²) in [5.74, 6) is 0.955. The Bertz CT molecular complexity index is 1040. The van der Waals surface area contributed by atoms with Crippen LogP contribution in [0.2, 0.25) is 10.0 Å². The van der Waals surface area contributed by atoms with Crippen LogP contribution in [-0.4, -0.2) is 47.9 Å². The quantitative estimate of drug-likeness (QED) is 0.391. The van der Waals surface area contributed by atoms with Gasteiger partial charge >= 0.3 is 0 Å². The van der Waals surface area contributed by atoms with Gasteiger partial charge < -0.3 is 9.47 Å². The number of carbonyl (C=O) groups is 2. The van der Waals surface area contributed by atoms with Crippen LogP contribution < -0.4 is 9.47 Å². The summed E-state index contributed by atoms with van der Waals surface area (Å²) in [5.41, 5.74) is 2.26. The molecule has 0 unspecified atom stereocenters. The Morgan fingerprint density at radius 2 is 1.76 bits per heavy atom. The highest BCUT2D eigenvalue weighted by Gasteiger charge is 2.30. The molecule has 2 aromatic carbocycles. The van der Waals surface area contributed by atoms with Crippen molar-refractivity contribution in [2.75, 3.05) is 20.3 Å². The molecule has 2 fully saturated rings. The summed E-state index contributed by atoms with van der Waals surface area (Å²) in [4.78, 5) is 27.3. The van der Waals surface area contributed by atoms with Crippen molar-refractivity contribution in [3.63, 3.8) is 0 Å². The Morgan fingerprint density at radius 1 is 1.03 bits per heavy atom. The van der Waals surface area contributed by atoms with Gasteiger partial charge in [0.1, 0.15) is 6.61 Å². The molecule has 8 heteroatoms. The number of likely N-dealkylation sites (tertiary alicyclic amines) is 1. The molecule has 1 heterocycles. The zero-order chi connectivity index (χ0) is 24.2. The second kappa shape index (κ2) is 11.0. The Balaban J connectivity index is 1.45. The second-order valence-corrected chi connectivity index (χ2v) is 9.69. The molecule has 1 aliphatic carbocycles. The van der Waals surface area contributed by atoms with Gasteiger partial charge in [0.2, 0.25) is 11.8 Å². The molecule has 1 aliphatic heterocycles. The minimum atomic E-state index is -0.136. The normalized spacial score (nSPS) is 17.3. The van der Waals surface area contributed by atoms with Crippen LogP contribution in [0.25, 0.3) is 0 Å². The van der Waals surface area contributed by atoms with Gasteiger partial charge in [-0.05, 0) is 55.2 Å². The van der Waals surface area contributed by atoms with E-state index in [-0.39, 0.29) is 43.8 Å². The van der Waals surface area contributed by atoms with Crippen LogP contribution in [0.1, 0.15) is 56.2 Å². The number of halogens is 2. The first-order chi connectivity index (χ1) is 16.4. The SMILES string of the molecule is COc1cc(CN(C2CCC2)[C@H](C)c2ccc(Cl)c(Cl)c2)ccc1OCCN1C(=O)CCC1=O. The van der Waals surface area contributed by atoms with Crippen LogP contribution in [0.15, 0.2) is 36.4 Å². The molecule has 2 amide bonds. The second-order valence-electron chi connectivity index (χ2n) is 8.88. The summed E-state index contributed by atoms with van der Waals surface area (Å²) < 4.78 is 11.4. The number of ether oxygens (including phenoxy) is 2. The van der Waals surface area contributed by atoms with E-state index in [2.05, 4.69) is 11.8 Å². The highest BCUT2D eigenvalue weighted by molar-refractivity contribution is 6.42. The summed E-state index contributed by atoms with van der Waals surface area (Å²) in [6, 6.07) is 12.5. The van der Waals surface area contributed by atoms with Crippen LogP contribution in [-0.2, 0) is 16.1 Å². The standard InChI is InChI=1S/C26H30Cl2N2O4/c1-17(19-7-8-21(27)22(28)15-19)30(20-4-3-5-20)16-18-6-9-23(24(14-18)33-2)34-13-12-29-25(31)10-11-26(29)32/h6-9,14-15,17,20H,3-5,10-13,16H2,1-2H3/t17-/m1/s1. The first kappa shape index (κ1) is 24.8. The van der Waals surface area contributed by atoms with Gasteiger partial charge in [-0.1, -0.05) is 41.8 Å². The maximum Gasteiger partial charge on any atom is 0.229 e. The highest BCUT2D eigenvalue weighted by atomic mass is 35.5. The lowest BCUT2D eigenvalue weighted by Crippen LogP contribution is -2.41. The first-order valence-corrected chi connectivity index (χ1v) is 12.5. The van der Waals surface area contributed by atoms with Crippen LogP contribution in [0.3, 0.4) is 0 Å². The minimum Gasteiger partial charge on any atom is -0.493 e. The van der Waals surface area contributed by atoms with E-state index < -0.39 is 0 Å². The Kier molecular flexibility index (Phi) is 8.02. The molecule has 2 aliphatic rings. The third kappa shape index (κ3) is 5.51. The number of nitrogens with zero attached hydrogens (tertiary/aromatic N) is 2. The molecule has 0 aromatic heterocycles. The maximum absolute atomic E-state index is 11.8. The molecule has 6 nitrogen and oxygen atoms in total. The van der Waals surface area contributed by atoms with Gasteiger partial charge in [0.15, 0.2) is 11.5 Å². The van der Waals surface area contributed by atoms with Crippen molar-refractivity contribution in [1.29, 1.82) is 0 Å². The molecule has 0 spiro atoms. The van der Waals surface area contributed by atoms with Gasteiger partial charge in [0.05, 0.1) is 23.7 Å². The fourth-order valence-electron chi connectivity index (χ4n) is 4.52. The van der Waals surface area contributed by atoms with E-state index in [0.29, 0.717) is 27.6 Å². The van der Waals surface area contributed by atoms with Gasteiger partial charge in [-0.15, -0.1) is 0 Å². The number of benzene rings is 2. The monoisotopic (exact) mass is 504 g/mol. The van der Waals surface area contributed by atoms with E-state index in [1.54, 1.807) is 7.11 Å². The van der Waals surface area contributed by atoms with E-state index in [1.165, 1.54) is 24.2 Å². The summed E-state index contributed by atoms with van der Waals surface area (Å²) >= 11 is 12.4. The fraction of sp³-hybridized carbons (Fsp3) is 0.462. The third-order valence-electron chi connectivity index (χ3n) is 6.79. The molecular formula is C26H30Cl2N2O4. The van der Waals surface area contributed by atoms with Crippen molar-refractivity contribution in [2.45, 2.75) is 57.7 Å². The van der Waals surface area contributed by atoms with Crippen LogP contribution in [0.4, 0.5) is 0 Å². The highest BCUT2D eigenvalue weighted by Crippen LogP contribution is 2.37. The number of carbonyl (C=O) groups excluding carboxylic acids is 2. The Labute approximate surface area is 210 Å². The van der Waals surface area contributed by atoms with Crippen molar-refractivity contribution in [2.24, 2.45) is 0 Å². The lowest BCUT2D eigenvalue weighted by molar-refractivity contribution is -0.138. The van der Waals surface area contributed by atoms with Crippen molar-refractivity contribution in [1.82, 2.24) is 9.80 Å². The van der Waals surface area contributed by atoms with E-state index in [4.69, 9.17) is 32.7 Å². The van der Waals surface area contributed by atoms with Gasteiger partial charge in [0, 0.05) is 31.5 Å². The summed E-state index contributed by atoms with van der Waals surface area (Å²) in [7, 11) is 1.61. The molecule has 0 bridgehead atoms. The molecule has 34 heavy (non-hydrogen) atoms. The number of amides is 2. The van der Waals surface area contributed by atoms with Crippen LogP contribution in [0.5, 0.6) is 11.5 Å². The van der Waals surface area contributed by atoms with E-state index in [9.17, 15) is 9.59 Å². The van der Waals surface area contributed by atoms with Gasteiger partial charge in [-0.2, -0.15) is 0 Å². The molecule has 0 N–H and O–H groups in total. The van der Waals surface area contributed by atoms with Crippen molar-refractivity contribution < 1.29 is 19.1 Å². The predicted octanol–water partition coefficient (Wildman–Crippen LogP) is 5.65. The number of hydrogen-bond acceptors (Lipinski definition) is 5. The molecule has 1 atom stereocenters. The van der Waals surface area contributed by atoms with Crippen molar-refractivity contribution >= 4 is 35.0 Å². The zero-order valence-electron chi connectivity index (χ0n) is 19.6. The average molecular weight is 505 g/mol. The fourth-order valence-corrected chi connectivity index (χ4v) is 4.83. The largest absolute Gasteiger partial charge is 0.493 e. The Hall–Kier alpha value is -2.28. The first-order valence-electron chi connectivity index (χ1n) is 11.7. The maximum atomic E-state index is 11.8. The lowest BCUT2D eigenvalue weighted by atomic mass is 9.89. The van der Waals surface area contributed by atoms with Crippen LogP contribution >= 0.6 is 23.2 Å². The summed E-state index contributed by atoms with van der Waals surface area (Å²) in [6.07, 6.45) is 4.17. The number of rotatable bonds is 10. The van der Waals surface area contributed by atoms with E-state index in [1.807, 2.05) is 36.4 Å². The molecule has 4 rings (SSSR count). The summed E-state index contributed by atoms with van der Waals surface area (Å²) in [5, 5.41) is 1.13. The third-order valence-corrected chi connectivity index (χ3v) is 7.53. The van der Waals surface area contributed by atoms with Gasteiger partial charge in [-0.3, -0.25) is 19.4 Å². The van der Waals surface area contributed by atoms with Crippen LogP contribution in [0, 0.1) is 0 Å². The smallest absolute Gasteiger partial charge is 0.229 e. The van der Waals surface area contributed by atoms with Gasteiger partial charge in [0.25, 0.3) is 0 Å². The molecule has 1 saturated carbocycles. The number of methoxy groups -OCH3 is 1. The number of imide groups is 1. The Morgan fingerprint density at radius 3 is 2.38 bits per heavy atom. The molecule has 0 radical (unpaired) electrons. The molecule has 2 aromatic rings. The molecule has 182 valence electrons. The zero-order valence-corrected chi connectivity index (χ0v) is 21.1. The number of hydrogen-bond donors (Lipinski definition) is 0. The van der Waals surface area contributed by atoms with E-state index >= 15 is 0 Å². The molecule has 1 saturated heterocycles. The average Bonchev–Trinajstić information content (AvgIpc) is 3.11. The van der Waals surface area contributed by atoms with Gasteiger partial charge in [-0.25, -0.2) is 0 Å². The summed E-state index contributed by atoms with van der Waals surface area (Å²) in [6.45, 7) is 3.45.